The van der Waals surface area contributed by atoms with Crippen molar-refractivity contribution in [3.63, 3.8) is 0 Å². The number of nitrogens with zero attached hydrogens (tertiary/aromatic N) is 2. The maximum atomic E-state index is 13.6. The van der Waals surface area contributed by atoms with Crippen LogP contribution in [0.3, 0.4) is 0 Å². The molecule has 1 amide bonds. The normalized spacial score (nSPS) is 10.3. The molecule has 0 bridgehead atoms. The van der Waals surface area contributed by atoms with Crippen molar-refractivity contribution in [2.75, 3.05) is 11.1 Å². The molecule has 6 heteroatoms. The molecule has 23 heavy (non-hydrogen) atoms. The molecule has 1 aromatic heterocycles. The van der Waals surface area contributed by atoms with E-state index in [1.807, 2.05) is 0 Å². The zero-order chi connectivity index (χ0) is 16.2. The quantitative estimate of drug-likeness (QED) is 0.779. The molecular formula is C17H13FN4O. The Morgan fingerprint density at radius 2 is 1.78 bits per heavy atom. The van der Waals surface area contributed by atoms with E-state index in [0.717, 1.165) is 5.56 Å². The minimum Gasteiger partial charge on any atom is -0.368 e. The molecule has 5 nitrogen and oxygen atoms in total. The van der Waals surface area contributed by atoms with Crippen molar-refractivity contribution >= 4 is 17.5 Å². The van der Waals surface area contributed by atoms with E-state index in [1.165, 1.54) is 18.2 Å². The summed E-state index contributed by atoms with van der Waals surface area (Å²) < 4.78 is 13.6. The van der Waals surface area contributed by atoms with E-state index in [-0.39, 0.29) is 11.5 Å². The van der Waals surface area contributed by atoms with Gasteiger partial charge in [0, 0.05) is 17.4 Å². The summed E-state index contributed by atoms with van der Waals surface area (Å²) in [5.74, 6) is -0.861. The van der Waals surface area contributed by atoms with Gasteiger partial charge in [-0.2, -0.15) is 0 Å². The molecule has 3 N–H and O–H groups in total. The number of rotatable bonds is 3. The van der Waals surface area contributed by atoms with Gasteiger partial charge in [-0.25, -0.2) is 14.4 Å². The van der Waals surface area contributed by atoms with Crippen LogP contribution in [0.5, 0.6) is 0 Å². The lowest BCUT2D eigenvalue weighted by molar-refractivity contribution is 0.102. The summed E-state index contributed by atoms with van der Waals surface area (Å²) in [6.45, 7) is 0. The van der Waals surface area contributed by atoms with Crippen LogP contribution in [0.1, 0.15) is 10.4 Å². The Bertz CT molecular complexity index is 849. The van der Waals surface area contributed by atoms with Crippen molar-refractivity contribution in [1.82, 2.24) is 9.97 Å². The highest BCUT2D eigenvalue weighted by molar-refractivity contribution is 6.04. The highest BCUT2D eigenvalue weighted by Crippen LogP contribution is 2.20. The predicted molar refractivity (Wildman–Crippen MR) is 86.2 cm³/mol. The molecule has 0 atom stereocenters. The van der Waals surface area contributed by atoms with Gasteiger partial charge < -0.3 is 11.1 Å². The molecule has 0 aliphatic carbocycles. The van der Waals surface area contributed by atoms with Crippen molar-refractivity contribution in [1.29, 1.82) is 0 Å². The van der Waals surface area contributed by atoms with Gasteiger partial charge in [-0.05, 0) is 30.3 Å². The van der Waals surface area contributed by atoms with E-state index >= 15 is 0 Å². The Hall–Kier alpha value is -3.28. The average Bonchev–Trinajstić information content (AvgIpc) is 2.56. The zero-order valence-electron chi connectivity index (χ0n) is 12.0. The molecule has 0 spiro atoms. The number of anilines is 2. The number of amides is 1. The fraction of sp³-hybridized carbons (Fsp3) is 0. The van der Waals surface area contributed by atoms with Gasteiger partial charge in [-0.3, -0.25) is 4.79 Å². The Morgan fingerprint density at radius 1 is 1.04 bits per heavy atom. The second-order valence-electron chi connectivity index (χ2n) is 4.81. The first-order valence-electron chi connectivity index (χ1n) is 6.88. The van der Waals surface area contributed by atoms with Crippen LogP contribution >= 0.6 is 0 Å². The van der Waals surface area contributed by atoms with Crippen LogP contribution in [0.4, 0.5) is 16.0 Å². The number of aromatic nitrogens is 2. The van der Waals surface area contributed by atoms with Gasteiger partial charge in [0.1, 0.15) is 5.82 Å². The first-order chi connectivity index (χ1) is 11.1. The number of benzene rings is 2. The Labute approximate surface area is 132 Å². The fourth-order valence-corrected chi connectivity index (χ4v) is 2.10. The van der Waals surface area contributed by atoms with Crippen LogP contribution in [0.2, 0.25) is 0 Å². The van der Waals surface area contributed by atoms with Gasteiger partial charge in [-0.1, -0.05) is 24.3 Å². The smallest absolute Gasteiger partial charge is 0.258 e. The summed E-state index contributed by atoms with van der Waals surface area (Å²) in [5, 5.41) is 2.65. The van der Waals surface area contributed by atoms with Gasteiger partial charge >= 0.3 is 0 Å². The Balaban J connectivity index is 1.78. The number of hydrogen-bond acceptors (Lipinski definition) is 4. The summed E-state index contributed by atoms with van der Waals surface area (Å²) in [4.78, 5) is 20.0. The molecule has 0 radical (unpaired) electrons. The van der Waals surface area contributed by atoms with Crippen LogP contribution in [-0.2, 0) is 0 Å². The van der Waals surface area contributed by atoms with Gasteiger partial charge in [-0.15, -0.1) is 0 Å². The third-order valence-corrected chi connectivity index (χ3v) is 3.23. The van der Waals surface area contributed by atoms with Crippen molar-refractivity contribution in [3.05, 3.63) is 72.2 Å². The van der Waals surface area contributed by atoms with Crippen LogP contribution in [-0.4, -0.2) is 15.9 Å². The lowest BCUT2D eigenvalue weighted by Crippen LogP contribution is -2.13. The minimum absolute atomic E-state index is 0.000139. The van der Waals surface area contributed by atoms with E-state index in [1.54, 1.807) is 42.6 Å². The molecular weight excluding hydrogens is 295 g/mol. The Kier molecular flexibility index (Phi) is 3.97. The standard InChI is InChI=1S/C17H13FN4O/c18-14-4-2-1-3-13(14)16(23)21-12-7-5-11(6-8-12)15-9-10-20-17(19)22-15/h1-10H,(H,21,23)(H2,19,20,22). The number of carbonyl (C=O) groups excluding carboxylic acids is 1. The third-order valence-electron chi connectivity index (χ3n) is 3.23. The molecule has 0 unspecified atom stereocenters. The van der Waals surface area contributed by atoms with Crippen molar-refractivity contribution in [2.45, 2.75) is 0 Å². The van der Waals surface area contributed by atoms with Crippen molar-refractivity contribution in [2.24, 2.45) is 0 Å². The van der Waals surface area contributed by atoms with E-state index < -0.39 is 11.7 Å². The molecule has 3 rings (SSSR count). The fourth-order valence-electron chi connectivity index (χ4n) is 2.10. The molecule has 1 heterocycles. The zero-order valence-corrected chi connectivity index (χ0v) is 12.0. The molecule has 3 aromatic rings. The Morgan fingerprint density at radius 3 is 2.48 bits per heavy atom. The number of nitrogens with one attached hydrogen (secondary N) is 1. The van der Waals surface area contributed by atoms with Crippen molar-refractivity contribution < 1.29 is 9.18 Å². The van der Waals surface area contributed by atoms with Crippen LogP contribution in [0.25, 0.3) is 11.3 Å². The van der Waals surface area contributed by atoms with Crippen molar-refractivity contribution in [3.8, 4) is 11.3 Å². The summed E-state index contributed by atoms with van der Waals surface area (Å²) in [5.41, 5.74) is 7.64. The summed E-state index contributed by atoms with van der Waals surface area (Å²) in [6.07, 6.45) is 1.57. The molecule has 2 aromatic carbocycles. The number of halogens is 1. The lowest BCUT2D eigenvalue weighted by Gasteiger charge is -2.07. The van der Waals surface area contributed by atoms with Crippen LogP contribution in [0.15, 0.2) is 60.8 Å². The summed E-state index contributed by atoms with van der Waals surface area (Å²) in [7, 11) is 0. The maximum absolute atomic E-state index is 13.6. The van der Waals surface area contributed by atoms with Gasteiger partial charge in [0.25, 0.3) is 5.91 Å². The number of nitrogen functional groups attached to an aromatic ring is 1. The first kappa shape index (κ1) is 14.6. The molecule has 114 valence electrons. The minimum atomic E-state index is -0.557. The number of carbonyl (C=O) groups is 1. The predicted octanol–water partition coefficient (Wildman–Crippen LogP) is 3.12. The first-order valence-corrected chi connectivity index (χ1v) is 6.88. The maximum Gasteiger partial charge on any atom is 0.258 e. The molecule has 0 saturated carbocycles. The van der Waals surface area contributed by atoms with Crippen LogP contribution < -0.4 is 11.1 Å². The molecule has 0 aliphatic heterocycles. The monoisotopic (exact) mass is 308 g/mol. The van der Waals surface area contributed by atoms with E-state index in [0.29, 0.717) is 11.4 Å². The second-order valence-corrected chi connectivity index (χ2v) is 4.81. The summed E-state index contributed by atoms with van der Waals surface area (Å²) >= 11 is 0. The highest BCUT2D eigenvalue weighted by Gasteiger charge is 2.11. The van der Waals surface area contributed by atoms with Gasteiger partial charge in [0.05, 0.1) is 11.3 Å². The largest absolute Gasteiger partial charge is 0.368 e. The molecule has 0 aliphatic rings. The molecule has 0 saturated heterocycles. The molecule has 0 fully saturated rings. The average molecular weight is 308 g/mol. The summed E-state index contributed by atoms with van der Waals surface area (Å²) in [6, 6.07) is 14.6. The van der Waals surface area contributed by atoms with E-state index in [4.69, 9.17) is 5.73 Å². The topological polar surface area (TPSA) is 80.9 Å². The highest BCUT2D eigenvalue weighted by atomic mass is 19.1. The number of hydrogen-bond donors (Lipinski definition) is 2. The lowest BCUT2D eigenvalue weighted by atomic mass is 10.1. The van der Waals surface area contributed by atoms with Crippen LogP contribution in [0, 0.1) is 5.82 Å². The van der Waals surface area contributed by atoms with E-state index in [9.17, 15) is 9.18 Å². The van der Waals surface area contributed by atoms with Gasteiger partial charge in [0.2, 0.25) is 5.95 Å². The second kappa shape index (κ2) is 6.23. The number of nitrogens with two attached hydrogens (primary N) is 1. The third kappa shape index (κ3) is 3.32. The van der Waals surface area contributed by atoms with E-state index in [2.05, 4.69) is 15.3 Å². The SMILES string of the molecule is Nc1nccc(-c2ccc(NC(=O)c3ccccc3F)cc2)n1. The van der Waals surface area contributed by atoms with Gasteiger partial charge in [0.15, 0.2) is 0 Å².